The first-order valence-corrected chi connectivity index (χ1v) is 8.32. The molecule has 0 atom stereocenters. The van der Waals surface area contributed by atoms with Gasteiger partial charge < -0.3 is 14.8 Å². The molecule has 0 saturated carbocycles. The Bertz CT molecular complexity index is 1120. The highest BCUT2D eigenvalue weighted by Crippen LogP contribution is 2.38. The molecule has 2 heterocycles. The molecule has 0 unspecified atom stereocenters. The second kappa shape index (κ2) is 6.22. The predicted octanol–water partition coefficient (Wildman–Crippen LogP) is 4.19. The molecule has 2 aromatic carbocycles. The number of hydrogen-bond acceptors (Lipinski definition) is 5. The molecule has 0 aliphatic rings. The zero-order valence-corrected chi connectivity index (χ0v) is 15.2. The number of nitrogens with one attached hydrogen (secondary N) is 1. The first-order valence-electron chi connectivity index (χ1n) is 8.32. The molecule has 2 aromatic heterocycles. The highest BCUT2D eigenvalue weighted by Gasteiger charge is 2.17. The molecule has 1 N–H and O–H groups in total. The first kappa shape index (κ1) is 16.2. The lowest BCUT2D eigenvalue weighted by molar-refractivity contribution is 0.416. The maximum atomic E-state index is 5.53. The van der Waals surface area contributed by atoms with E-state index < -0.39 is 0 Å². The fourth-order valence-corrected chi connectivity index (χ4v) is 3.23. The molecule has 26 heavy (non-hydrogen) atoms. The van der Waals surface area contributed by atoms with Crippen LogP contribution >= 0.6 is 0 Å². The Labute approximate surface area is 151 Å². The van der Waals surface area contributed by atoms with Crippen molar-refractivity contribution in [3.05, 3.63) is 48.2 Å². The highest BCUT2D eigenvalue weighted by atomic mass is 16.5. The summed E-state index contributed by atoms with van der Waals surface area (Å²) < 4.78 is 12.9. The van der Waals surface area contributed by atoms with Crippen LogP contribution in [0.5, 0.6) is 11.5 Å². The number of fused-ring (bicyclic) bond motifs is 2. The van der Waals surface area contributed by atoms with Crippen molar-refractivity contribution in [3.8, 4) is 11.5 Å². The number of para-hydroxylation sites is 1. The van der Waals surface area contributed by atoms with E-state index in [0.29, 0.717) is 0 Å². The van der Waals surface area contributed by atoms with Gasteiger partial charge in [-0.15, -0.1) is 0 Å². The Kier molecular flexibility index (Phi) is 3.88. The number of aryl methyl sites for hydroxylation is 2. The first-order chi connectivity index (χ1) is 12.6. The van der Waals surface area contributed by atoms with Crippen LogP contribution in [0.3, 0.4) is 0 Å². The average Bonchev–Trinajstić information content (AvgIpc) is 3.02. The van der Waals surface area contributed by atoms with Crippen molar-refractivity contribution in [3.63, 3.8) is 0 Å². The van der Waals surface area contributed by atoms with Gasteiger partial charge >= 0.3 is 0 Å². The van der Waals surface area contributed by atoms with E-state index in [1.807, 2.05) is 42.1 Å². The summed E-state index contributed by atoms with van der Waals surface area (Å²) in [5, 5.41) is 8.89. The number of aromatic nitrogens is 3. The number of pyridine rings is 1. The summed E-state index contributed by atoms with van der Waals surface area (Å²) in [4.78, 5) is 4.75. The summed E-state index contributed by atoms with van der Waals surface area (Å²) in [6, 6.07) is 12.0. The third-order valence-electron chi connectivity index (χ3n) is 4.49. The average molecular weight is 348 g/mol. The smallest absolute Gasteiger partial charge is 0.145 e. The van der Waals surface area contributed by atoms with Crippen LogP contribution in [0.4, 0.5) is 11.4 Å². The van der Waals surface area contributed by atoms with Gasteiger partial charge in [0.15, 0.2) is 0 Å². The quantitative estimate of drug-likeness (QED) is 0.599. The lowest BCUT2D eigenvalue weighted by atomic mass is 10.1. The van der Waals surface area contributed by atoms with E-state index in [-0.39, 0.29) is 0 Å². The van der Waals surface area contributed by atoms with Gasteiger partial charge in [-0.05, 0) is 30.7 Å². The van der Waals surface area contributed by atoms with Gasteiger partial charge in [-0.25, -0.2) is 4.98 Å². The van der Waals surface area contributed by atoms with Gasteiger partial charge in [0, 0.05) is 12.4 Å². The third kappa shape index (κ3) is 2.50. The molecule has 0 radical (unpaired) electrons. The van der Waals surface area contributed by atoms with Crippen molar-refractivity contribution in [2.75, 3.05) is 19.5 Å². The maximum Gasteiger partial charge on any atom is 0.145 e. The lowest BCUT2D eigenvalue weighted by Gasteiger charge is -2.16. The Hall–Kier alpha value is -3.28. The topological polar surface area (TPSA) is 61.2 Å². The normalized spacial score (nSPS) is 11.1. The molecule has 0 bridgehead atoms. The maximum absolute atomic E-state index is 5.53. The molecule has 0 aliphatic heterocycles. The predicted molar refractivity (Wildman–Crippen MR) is 104 cm³/mol. The summed E-state index contributed by atoms with van der Waals surface area (Å²) in [6.45, 7) is 2.05. The minimum atomic E-state index is 0.729. The summed E-state index contributed by atoms with van der Waals surface area (Å²) in [6.07, 6.45) is 1.76. The van der Waals surface area contributed by atoms with Crippen LogP contribution < -0.4 is 14.8 Å². The van der Waals surface area contributed by atoms with Gasteiger partial charge in [0.25, 0.3) is 0 Å². The molecule has 0 spiro atoms. The van der Waals surface area contributed by atoms with Gasteiger partial charge in [0.1, 0.15) is 28.0 Å². The molecule has 0 fully saturated rings. The van der Waals surface area contributed by atoms with Crippen molar-refractivity contribution >= 4 is 33.3 Å². The molecule has 4 aromatic rings. The number of rotatable bonds is 4. The molecule has 4 rings (SSSR count). The standard InChI is InChI=1S/C20H20N4O2/c1-12-8-9-16(25-3)14(10-12)22-19-13-6-5-7-17(26-4)18(13)23-15-11-21-24(2)20(15)19/h5-11H,1-4H3,(H,22,23). The minimum absolute atomic E-state index is 0.729. The zero-order valence-electron chi connectivity index (χ0n) is 15.2. The Morgan fingerprint density at radius 1 is 1.04 bits per heavy atom. The fourth-order valence-electron chi connectivity index (χ4n) is 3.23. The van der Waals surface area contributed by atoms with E-state index >= 15 is 0 Å². The van der Waals surface area contributed by atoms with E-state index in [9.17, 15) is 0 Å². The van der Waals surface area contributed by atoms with Crippen LogP contribution in [0.2, 0.25) is 0 Å². The number of benzene rings is 2. The van der Waals surface area contributed by atoms with Gasteiger partial charge in [-0.2, -0.15) is 5.10 Å². The van der Waals surface area contributed by atoms with Crippen LogP contribution in [-0.2, 0) is 7.05 Å². The van der Waals surface area contributed by atoms with E-state index in [0.717, 1.165) is 50.4 Å². The van der Waals surface area contributed by atoms with Crippen molar-refractivity contribution in [1.29, 1.82) is 0 Å². The number of anilines is 2. The molecule has 6 heteroatoms. The van der Waals surface area contributed by atoms with E-state index in [4.69, 9.17) is 14.5 Å². The summed E-state index contributed by atoms with van der Waals surface area (Å²) in [5.74, 6) is 1.51. The SMILES string of the molecule is COc1ccc(C)cc1Nc1c2cccc(OC)c2nc2cnn(C)c12. The van der Waals surface area contributed by atoms with Gasteiger partial charge in [-0.1, -0.05) is 18.2 Å². The van der Waals surface area contributed by atoms with Gasteiger partial charge in [0.2, 0.25) is 0 Å². The second-order valence-electron chi connectivity index (χ2n) is 6.17. The zero-order chi connectivity index (χ0) is 18.3. The number of hydrogen-bond donors (Lipinski definition) is 1. The van der Waals surface area contributed by atoms with Crippen LogP contribution in [0.1, 0.15) is 5.56 Å². The summed E-state index contributed by atoms with van der Waals surface area (Å²) >= 11 is 0. The van der Waals surface area contributed by atoms with Gasteiger partial charge in [-0.3, -0.25) is 4.68 Å². The second-order valence-corrected chi connectivity index (χ2v) is 6.17. The summed E-state index contributed by atoms with van der Waals surface area (Å²) in [7, 11) is 5.23. The van der Waals surface area contributed by atoms with E-state index in [2.05, 4.69) is 23.4 Å². The molecular weight excluding hydrogens is 328 g/mol. The van der Waals surface area contributed by atoms with Crippen LogP contribution in [0.15, 0.2) is 42.6 Å². The Morgan fingerprint density at radius 2 is 1.85 bits per heavy atom. The van der Waals surface area contributed by atoms with Crippen LogP contribution in [0.25, 0.3) is 21.9 Å². The molecule has 132 valence electrons. The molecule has 0 amide bonds. The minimum Gasteiger partial charge on any atom is -0.495 e. The van der Waals surface area contributed by atoms with E-state index in [1.54, 1.807) is 20.4 Å². The fraction of sp³-hybridized carbons (Fsp3) is 0.200. The number of ether oxygens (including phenoxy) is 2. The van der Waals surface area contributed by atoms with Crippen molar-refractivity contribution in [2.24, 2.45) is 7.05 Å². The van der Waals surface area contributed by atoms with Crippen LogP contribution in [-0.4, -0.2) is 29.0 Å². The third-order valence-corrected chi connectivity index (χ3v) is 4.49. The highest BCUT2D eigenvalue weighted by molar-refractivity contribution is 6.09. The number of nitrogens with zero attached hydrogens (tertiary/aromatic N) is 3. The molecule has 0 saturated heterocycles. The molecule has 6 nitrogen and oxygen atoms in total. The van der Waals surface area contributed by atoms with Crippen LogP contribution in [0, 0.1) is 6.92 Å². The number of methoxy groups -OCH3 is 2. The Balaban J connectivity index is 2.03. The summed E-state index contributed by atoms with van der Waals surface area (Å²) in [5.41, 5.74) is 5.49. The molecule has 0 aliphatic carbocycles. The van der Waals surface area contributed by atoms with Crippen molar-refractivity contribution < 1.29 is 9.47 Å². The largest absolute Gasteiger partial charge is 0.495 e. The van der Waals surface area contributed by atoms with Gasteiger partial charge in [0.05, 0.1) is 31.8 Å². The Morgan fingerprint density at radius 3 is 2.62 bits per heavy atom. The lowest BCUT2D eigenvalue weighted by Crippen LogP contribution is -2.01. The molecular formula is C20H20N4O2. The van der Waals surface area contributed by atoms with Crippen molar-refractivity contribution in [2.45, 2.75) is 6.92 Å². The van der Waals surface area contributed by atoms with E-state index in [1.165, 1.54) is 0 Å². The monoisotopic (exact) mass is 348 g/mol. The van der Waals surface area contributed by atoms with Crippen molar-refractivity contribution in [1.82, 2.24) is 14.8 Å².